The standard InChI is InChI=1S/C27H28Cl2O4.C20H22Cl2O4.C17H17Cl3O2.C13H10Cl2O2.C10H12O2.C4H8BrCl.2CH4.2B/c1-27(2)17-20-11-8-12-24(25(20)33-27)30-13-6-7-14-31-26-22(28)15-21(16-23(26)29)32-18-19-9-4-3-5-10-19;1-20(2)12-13-6-5-7-17(18(13)26-20)24-8-3-4-9-25-19-15(21)10-14(23)11-16(19)22;18-8-4-5-9-21-17-15(19)10-14(11-16(17)20)22-12-13-6-2-1-3-7-13;14-11-6-10(7-12(15)13(11)16)17-8-9-4-2-1-3-5-9;1-10(2)6-7-4-3-5-8(11)9(7)12-10;5-3-1-2-4-6;;;;/h3-5,8-12,15-16H,6-7,13-14,17-18H2,1-2H3;5-7,10-11,23H,3-4,8-9,12H2,1-2H3;1-3,6-7,10-11H,4-5,8-9,12H2;1-7,16H,8H2;3-5,11H,6H2,1-2H3;1-4H2;2*1H4;;. The lowest BCUT2D eigenvalue weighted by molar-refractivity contribution is 0.131. The van der Waals surface area contributed by atoms with Crippen LogP contribution in [-0.4, -0.2) is 99.1 Å². The molecule has 0 bridgehead atoms. The fourth-order valence-electron chi connectivity index (χ4n) is 11.7. The van der Waals surface area contributed by atoms with Crippen LogP contribution in [0, 0.1) is 0 Å². The normalized spacial score (nSPS) is 12.6. The highest BCUT2D eigenvalue weighted by Crippen LogP contribution is 2.46. The largest absolute Gasteiger partial charge is 0.508 e. The third kappa shape index (κ3) is 35.3. The molecule has 644 valence electrons. The maximum Gasteiger partial charge on any atom is 0.165 e. The smallest absolute Gasteiger partial charge is 0.165 e. The van der Waals surface area contributed by atoms with E-state index in [1.807, 2.05) is 141 Å². The van der Waals surface area contributed by atoms with Gasteiger partial charge in [0, 0.05) is 118 Å². The number of hydrogen-bond donors (Lipinski definition) is 3. The Morgan fingerprint density at radius 1 is 0.333 bits per heavy atom. The van der Waals surface area contributed by atoms with Crippen molar-refractivity contribution >= 4 is 149 Å². The molecular weight excluding hydrogens is 1800 g/mol. The number of benzene rings is 10. The fraction of sp³-hybridized carbons (Fsp3) is 0.355. The molecule has 0 atom stereocenters. The average Bonchev–Trinajstić information content (AvgIpc) is 1.64. The fourth-order valence-corrected chi connectivity index (χ4v) is 14.7. The number of rotatable bonds is 31. The van der Waals surface area contributed by atoms with E-state index in [1.165, 1.54) is 41.8 Å². The summed E-state index contributed by atoms with van der Waals surface area (Å²) >= 11 is 63.1. The zero-order valence-electron chi connectivity index (χ0n) is 66.7. The summed E-state index contributed by atoms with van der Waals surface area (Å²) in [7, 11) is 0. The van der Waals surface area contributed by atoms with Crippen molar-refractivity contribution in [3.8, 4) is 80.5 Å². The van der Waals surface area contributed by atoms with Crippen LogP contribution in [0.4, 0.5) is 0 Å². The highest BCUT2D eigenvalue weighted by Gasteiger charge is 2.34. The minimum absolute atomic E-state index is 0. The van der Waals surface area contributed by atoms with Gasteiger partial charge in [-0.1, -0.05) is 251 Å². The van der Waals surface area contributed by atoms with Gasteiger partial charge in [0.15, 0.2) is 57.5 Å². The lowest BCUT2D eigenvalue weighted by Crippen LogP contribution is -2.24. The Balaban J connectivity index is 0.000000316. The summed E-state index contributed by atoms with van der Waals surface area (Å²) in [5.74, 6) is 8.64. The number of aromatic hydroxyl groups is 3. The van der Waals surface area contributed by atoms with Crippen molar-refractivity contribution < 1.29 is 67.4 Å². The van der Waals surface area contributed by atoms with E-state index in [2.05, 4.69) is 55.8 Å². The van der Waals surface area contributed by atoms with Crippen LogP contribution >= 0.6 is 132 Å². The number of hydrogen-bond acceptors (Lipinski definition) is 14. The van der Waals surface area contributed by atoms with E-state index >= 15 is 0 Å². The first-order valence-electron chi connectivity index (χ1n) is 37.9. The first-order chi connectivity index (χ1) is 55.6. The van der Waals surface area contributed by atoms with E-state index in [-0.39, 0.29) is 75.8 Å². The van der Waals surface area contributed by atoms with Crippen LogP contribution < -0.4 is 52.1 Å². The summed E-state index contributed by atoms with van der Waals surface area (Å²) in [6.45, 7) is 16.4. The molecule has 3 heterocycles. The minimum atomic E-state index is -0.184. The number of fused-ring (bicyclic) bond motifs is 3. The molecule has 3 aliphatic rings. The monoisotopic (exact) mass is 1900 g/mol. The van der Waals surface area contributed by atoms with Crippen LogP contribution in [-0.2, 0) is 39.1 Å². The van der Waals surface area contributed by atoms with Crippen LogP contribution in [0.5, 0.6) is 80.5 Å². The number of phenolic OH excluding ortho intramolecular Hbond substituents is 3. The Kier molecular flexibility index (Phi) is 47.2. The molecule has 0 fully saturated rings. The predicted molar refractivity (Wildman–Crippen MR) is 502 cm³/mol. The van der Waals surface area contributed by atoms with Crippen molar-refractivity contribution in [1.82, 2.24) is 0 Å². The second-order valence-corrected chi connectivity index (χ2v) is 33.5. The van der Waals surface area contributed by atoms with Gasteiger partial charge in [0.25, 0.3) is 0 Å². The van der Waals surface area contributed by atoms with Gasteiger partial charge in [0.05, 0.1) is 73.2 Å². The Morgan fingerprint density at radius 2 is 0.617 bits per heavy atom. The van der Waals surface area contributed by atoms with Gasteiger partial charge in [-0.3, -0.25) is 0 Å². The van der Waals surface area contributed by atoms with Gasteiger partial charge in [-0.15, -0.1) is 23.2 Å². The van der Waals surface area contributed by atoms with E-state index in [4.69, 9.17) is 168 Å². The van der Waals surface area contributed by atoms with E-state index in [0.717, 1.165) is 121 Å². The highest BCUT2D eigenvalue weighted by atomic mass is 79.9. The van der Waals surface area contributed by atoms with Crippen molar-refractivity contribution in [3.05, 3.63) is 268 Å². The number of para-hydroxylation sites is 3. The first-order valence-corrected chi connectivity index (χ1v) is 43.1. The number of unbranched alkanes of at least 4 members (excludes halogenated alkanes) is 4. The van der Waals surface area contributed by atoms with E-state index in [9.17, 15) is 15.3 Å². The quantitative estimate of drug-likeness (QED) is 0.0214. The molecule has 10 aromatic rings. The van der Waals surface area contributed by atoms with Crippen LogP contribution in [0.2, 0.25) is 40.2 Å². The molecule has 0 unspecified atom stereocenters. The summed E-state index contributed by atoms with van der Waals surface area (Å²) in [6.07, 6.45) is 9.99. The van der Waals surface area contributed by atoms with Gasteiger partial charge in [0.1, 0.15) is 59.6 Å². The lowest BCUT2D eigenvalue weighted by atomic mass is 10.0. The molecule has 13 rings (SSSR count). The summed E-state index contributed by atoms with van der Waals surface area (Å²) < 4.78 is 63.6. The second-order valence-electron chi connectivity index (χ2n) is 28.7. The highest BCUT2D eigenvalue weighted by molar-refractivity contribution is 9.09. The topological polar surface area (TPSA) is 162 Å². The number of halogens is 11. The molecule has 0 saturated carbocycles. The summed E-state index contributed by atoms with van der Waals surface area (Å²) in [5.41, 5.74) is 6.15. The van der Waals surface area contributed by atoms with Gasteiger partial charge in [-0.05, 0) is 128 Å². The van der Waals surface area contributed by atoms with Gasteiger partial charge in [-0.25, -0.2) is 0 Å². The summed E-state index contributed by atoms with van der Waals surface area (Å²) in [4.78, 5) is 0. The van der Waals surface area contributed by atoms with Crippen molar-refractivity contribution in [1.29, 1.82) is 0 Å². The molecule has 0 aliphatic carbocycles. The number of alkyl halides is 3. The van der Waals surface area contributed by atoms with Crippen molar-refractivity contribution in [2.75, 3.05) is 50.1 Å². The molecule has 3 aliphatic heterocycles. The molecule has 27 heteroatoms. The molecule has 10 aromatic carbocycles. The molecule has 6 radical (unpaired) electrons. The number of phenols is 3. The summed E-state index contributed by atoms with van der Waals surface area (Å²) in [6, 6.07) is 59.9. The third-order valence-corrected chi connectivity index (χ3v) is 20.6. The van der Waals surface area contributed by atoms with Crippen LogP contribution in [0.25, 0.3) is 0 Å². The zero-order chi connectivity index (χ0) is 83.6. The minimum Gasteiger partial charge on any atom is -0.508 e. The molecule has 3 N–H and O–H groups in total. The Morgan fingerprint density at radius 3 is 0.933 bits per heavy atom. The van der Waals surface area contributed by atoms with Gasteiger partial charge in [-0.2, -0.15) is 0 Å². The van der Waals surface area contributed by atoms with E-state index in [1.54, 1.807) is 30.3 Å². The first kappa shape index (κ1) is 105. The Bertz CT molecular complexity index is 4600. The van der Waals surface area contributed by atoms with Gasteiger partial charge < -0.3 is 67.4 Å². The van der Waals surface area contributed by atoms with Crippen molar-refractivity contribution in [2.24, 2.45) is 0 Å². The SMILES string of the molecule is C.C.CC1(C)Cc2cccc(O)c2O1.CC1(C)Cc2cccc(OCCCCOc3c(Cl)cc(O)cc3Cl)c2O1.CC1(C)Cc2cccc(OCCCCOc3c(Cl)cc(OCc4ccccc4)cc3Cl)c2O1.ClCCCCBr.ClCCCCOc1c(Cl)cc(OCc2ccccc2)cc1Cl.Oc1c(Cl)cc(OCc2ccccc2)cc1Cl.[B].[B]. The zero-order valence-corrected chi connectivity index (χ0v) is 75.8. The maximum absolute atomic E-state index is 9.44. The molecular formula is C93H105B2BrCl10O14. The van der Waals surface area contributed by atoms with E-state index in [0.29, 0.717) is 129 Å². The van der Waals surface area contributed by atoms with Crippen molar-refractivity contribution in [3.63, 3.8) is 0 Å². The van der Waals surface area contributed by atoms with Crippen LogP contribution in [0.3, 0.4) is 0 Å². The molecule has 0 spiro atoms. The van der Waals surface area contributed by atoms with Gasteiger partial charge >= 0.3 is 0 Å². The maximum atomic E-state index is 9.44. The molecule has 0 aromatic heterocycles. The molecule has 120 heavy (non-hydrogen) atoms. The lowest BCUT2D eigenvalue weighted by Gasteiger charge is -2.18. The van der Waals surface area contributed by atoms with Crippen molar-refractivity contribution in [2.45, 2.75) is 164 Å². The summed E-state index contributed by atoms with van der Waals surface area (Å²) in [5, 5.41) is 32.0. The second kappa shape index (κ2) is 53.8. The van der Waals surface area contributed by atoms with Crippen LogP contribution in [0.1, 0.15) is 141 Å². The Labute approximate surface area is 771 Å². The predicted octanol–water partition coefficient (Wildman–Crippen LogP) is 28.4. The Hall–Kier alpha value is -7.09. The van der Waals surface area contributed by atoms with Crippen LogP contribution in [0.15, 0.2) is 194 Å². The molecule has 14 nitrogen and oxygen atoms in total. The van der Waals surface area contributed by atoms with E-state index < -0.39 is 0 Å². The third-order valence-electron chi connectivity index (χ3n) is 17.2. The number of ether oxygens (including phenoxy) is 11. The molecule has 0 amide bonds. The van der Waals surface area contributed by atoms with Gasteiger partial charge in [0.2, 0.25) is 0 Å². The molecule has 0 saturated heterocycles. The average molecular weight is 1900 g/mol.